The first kappa shape index (κ1) is 13.5. The summed E-state index contributed by atoms with van der Waals surface area (Å²) in [6.45, 7) is 2.32. The van der Waals surface area contributed by atoms with Crippen LogP contribution in [0.3, 0.4) is 0 Å². The summed E-state index contributed by atoms with van der Waals surface area (Å²) < 4.78 is 0. The second kappa shape index (κ2) is 6.29. The number of aromatic nitrogens is 1. The summed E-state index contributed by atoms with van der Waals surface area (Å²) in [6, 6.07) is 9.24. The van der Waals surface area contributed by atoms with Crippen LogP contribution in [0.4, 0.5) is 0 Å². The third-order valence-electron chi connectivity index (χ3n) is 2.97. The molecule has 1 amide bonds. The Morgan fingerprint density at radius 3 is 3.00 bits per heavy atom. The van der Waals surface area contributed by atoms with Gasteiger partial charge in [0.2, 0.25) is 0 Å². The van der Waals surface area contributed by atoms with Crippen molar-refractivity contribution in [2.24, 2.45) is 0 Å². The maximum atomic E-state index is 12.1. The molecule has 1 aromatic heterocycles. The SMILES string of the molecule is CC(O)CCCNC(=O)c1cccc2ncccc12. The van der Waals surface area contributed by atoms with Crippen molar-refractivity contribution in [3.63, 3.8) is 0 Å². The molecular weight excluding hydrogens is 240 g/mol. The molecule has 100 valence electrons. The fourth-order valence-corrected chi connectivity index (χ4v) is 2.00. The first-order valence-corrected chi connectivity index (χ1v) is 6.48. The smallest absolute Gasteiger partial charge is 0.251 e. The van der Waals surface area contributed by atoms with Crippen molar-refractivity contribution < 1.29 is 9.90 Å². The zero-order valence-electron chi connectivity index (χ0n) is 11.0. The summed E-state index contributed by atoms with van der Waals surface area (Å²) in [5.41, 5.74) is 1.46. The monoisotopic (exact) mass is 258 g/mol. The fourth-order valence-electron chi connectivity index (χ4n) is 2.00. The lowest BCUT2D eigenvalue weighted by Crippen LogP contribution is -2.25. The summed E-state index contributed by atoms with van der Waals surface area (Å²) in [6.07, 6.45) is 2.86. The van der Waals surface area contributed by atoms with Crippen LogP contribution in [0.5, 0.6) is 0 Å². The topological polar surface area (TPSA) is 62.2 Å². The minimum absolute atomic E-state index is 0.0933. The van der Waals surface area contributed by atoms with E-state index >= 15 is 0 Å². The molecule has 4 nitrogen and oxygen atoms in total. The molecule has 0 saturated heterocycles. The van der Waals surface area contributed by atoms with Gasteiger partial charge in [-0.2, -0.15) is 0 Å². The third-order valence-corrected chi connectivity index (χ3v) is 2.97. The van der Waals surface area contributed by atoms with Crippen LogP contribution in [0, 0.1) is 0 Å². The van der Waals surface area contributed by atoms with Crippen LogP contribution in [-0.4, -0.2) is 28.6 Å². The number of nitrogens with zero attached hydrogens (tertiary/aromatic N) is 1. The van der Waals surface area contributed by atoms with Gasteiger partial charge in [0.1, 0.15) is 0 Å². The number of aliphatic hydroxyl groups is 1. The number of fused-ring (bicyclic) bond motifs is 1. The molecule has 19 heavy (non-hydrogen) atoms. The Bertz CT molecular complexity index is 562. The van der Waals surface area contributed by atoms with E-state index in [4.69, 9.17) is 5.11 Å². The fraction of sp³-hybridized carbons (Fsp3) is 0.333. The van der Waals surface area contributed by atoms with Gasteiger partial charge >= 0.3 is 0 Å². The highest BCUT2D eigenvalue weighted by molar-refractivity contribution is 6.06. The Morgan fingerprint density at radius 2 is 2.21 bits per heavy atom. The predicted octanol–water partition coefficient (Wildman–Crippen LogP) is 2.13. The molecule has 1 unspecified atom stereocenters. The summed E-state index contributed by atoms with van der Waals surface area (Å²) in [7, 11) is 0. The molecular formula is C15H18N2O2. The number of hydrogen-bond acceptors (Lipinski definition) is 3. The number of carbonyl (C=O) groups excluding carboxylic acids is 1. The van der Waals surface area contributed by atoms with E-state index in [2.05, 4.69) is 10.3 Å². The maximum Gasteiger partial charge on any atom is 0.251 e. The van der Waals surface area contributed by atoms with Crippen LogP contribution in [0.25, 0.3) is 10.9 Å². The van der Waals surface area contributed by atoms with Gasteiger partial charge in [-0.05, 0) is 38.0 Å². The molecule has 1 aromatic carbocycles. The van der Waals surface area contributed by atoms with Gasteiger partial charge in [-0.3, -0.25) is 9.78 Å². The van der Waals surface area contributed by atoms with Crippen molar-refractivity contribution in [2.45, 2.75) is 25.9 Å². The Kier molecular flexibility index (Phi) is 4.47. The quantitative estimate of drug-likeness (QED) is 0.808. The largest absolute Gasteiger partial charge is 0.393 e. The molecule has 0 bridgehead atoms. The Balaban J connectivity index is 2.05. The minimum atomic E-state index is -0.321. The molecule has 0 aliphatic rings. The summed E-state index contributed by atoms with van der Waals surface area (Å²) in [5, 5.41) is 12.9. The highest BCUT2D eigenvalue weighted by Crippen LogP contribution is 2.16. The number of carbonyl (C=O) groups is 1. The lowest BCUT2D eigenvalue weighted by atomic mass is 10.1. The van der Waals surface area contributed by atoms with Gasteiger partial charge in [0, 0.05) is 23.7 Å². The number of amides is 1. The van der Waals surface area contributed by atoms with Gasteiger partial charge < -0.3 is 10.4 Å². The summed E-state index contributed by atoms with van der Waals surface area (Å²) >= 11 is 0. The van der Waals surface area contributed by atoms with E-state index in [0.717, 1.165) is 17.3 Å². The zero-order valence-corrected chi connectivity index (χ0v) is 11.0. The van der Waals surface area contributed by atoms with Gasteiger partial charge in [0.25, 0.3) is 5.91 Å². The third kappa shape index (κ3) is 3.51. The van der Waals surface area contributed by atoms with E-state index in [0.29, 0.717) is 18.5 Å². The molecule has 2 aromatic rings. The van der Waals surface area contributed by atoms with Crippen molar-refractivity contribution >= 4 is 16.8 Å². The van der Waals surface area contributed by atoms with Crippen LogP contribution in [-0.2, 0) is 0 Å². The van der Waals surface area contributed by atoms with Crippen molar-refractivity contribution in [1.82, 2.24) is 10.3 Å². The molecule has 0 aliphatic carbocycles. The number of pyridine rings is 1. The van der Waals surface area contributed by atoms with Crippen LogP contribution in [0.2, 0.25) is 0 Å². The average Bonchev–Trinajstić information content (AvgIpc) is 2.42. The molecule has 0 radical (unpaired) electrons. The van der Waals surface area contributed by atoms with Gasteiger partial charge in [-0.25, -0.2) is 0 Å². The number of aliphatic hydroxyl groups excluding tert-OH is 1. The molecule has 0 spiro atoms. The lowest BCUT2D eigenvalue weighted by Gasteiger charge is -2.08. The number of hydrogen-bond donors (Lipinski definition) is 2. The Morgan fingerprint density at radius 1 is 1.37 bits per heavy atom. The minimum Gasteiger partial charge on any atom is -0.393 e. The van der Waals surface area contributed by atoms with E-state index in [1.807, 2.05) is 24.3 Å². The maximum absolute atomic E-state index is 12.1. The lowest BCUT2D eigenvalue weighted by molar-refractivity contribution is 0.0951. The second-order valence-corrected chi connectivity index (χ2v) is 4.62. The number of rotatable bonds is 5. The average molecular weight is 258 g/mol. The van der Waals surface area contributed by atoms with E-state index in [9.17, 15) is 4.79 Å². The van der Waals surface area contributed by atoms with Crippen molar-refractivity contribution in [3.8, 4) is 0 Å². The second-order valence-electron chi connectivity index (χ2n) is 4.62. The summed E-state index contributed by atoms with van der Waals surface area (Å²) in [5.74, 6) is -0.0933. The summed E-state index contributed by atoms with van der Waals surface area (Å²) in [4.78, 5) is 16.3. The molecule has 0 fully saturated rings. The molecule has 0 aliphatic heterocycles. The van der Waals surface area contributed by atoms with Gasteiger partial charge in [-0.15, -0.1) is 0 Å². The van der Waals surface area contributed by atoms with Crippen LogP contribution >= 0.6 is 0 Å². The van der Waals surface area contributed by atoms with Crippen molar-refractivity contribution in [1.29, 1.82) is 0 Å². The van der Waals surface area contributed by atoms with Gasteiger partial charge in [0.05, 0.1) is 11.6 Å². The normalized spacial score (nSPS) is 12.3. The number of benzene rings is 1. The van der Waals surface area contributed by atoms with E-state index in [1.165, 1.54) is 0 Å². The van der Waals surface area contributed by atoms with Crippen molar-refractivity contribution in [2.75, 3.05) is 6.54 Å². The van der Waals surface area contributed by atoms with E-state index in [1.54, 1.807) is 19.2 Å². The Hall–Kier alpha value is -1.94. The highest BCUT2D eigenvalue weighted by atomic mass is 16.3. The standard InChI is InChI=1S/C15H18N2O2/c1-11(18)5-3-10-17-15(19)13-6-2-8-14-12(13)7-4-9-16-14/h2,4,6-9,11,18H,3,5,10H2,1H3,(H,17,19). The predicted molar refractivity (Wildman–Crippen MR) is 75.0 cm³/mol. The molecule has 2 rings (SSSR count). The van der Waals surface area contributed by atoms with Crippen molar-refractivity contribution in [3.05, 3.63) is 42.1 Å². The Labute approximate surface area is 112 Å². The first-order chi connectivity index (χ1) is 9.18. The molecule has 1 atom stereocenters. The van der Waals surface area contributed by atoms with Crippen LogP contribution < -0.4 is 5.32 Å². The zero-order chi connectivity index (χ0) is 13.7. The van der Waals surface area contributed by atoms with Crippen LogP contribution in [0.1, 0.15) is 30.1 Å². The molecule has 4 heteroatoms. The molecule has 2 N–H and O–H groups in total. The molecule has 1 heterocycles. The number of nitrogens with one attached hydrogen (secondary N) is 1. The van der Waals surface area contributed by atoms with Gasteiger partial charge in [-0.1, -0.05) is 12.1 Å². The first-order valence-electron chi connectivity index (χ1n) is 6.48. The van der Waals surface area contributed by atoms with E-state index < -0.39 is 0 Å². The highest BCUT2D eigenvalue weighted by Gasteiger charge is 2.09. The molecule has 0 saturated carbocycles. The van der Waals surface area contributed by atoms with Gasteiger partial charge in [0.15, 0.2) is 0 Å². The van der Waals surface area contributed by atoms with Crippen LogP contribution in [0.15, 0.2) is 36.5 Å². The van der Waals surface area contributed by atoms with E-state index in [-0.39, 0.29) is 12.0 Å².